The smallest absolute Gasteiger partial charge is 0.408 e. The summed E-state index contributed by atoms with van der Waals surface area (Å²) in [6, 6.07) is 5.11. The number of amides is 2. The first-order chi connectivity index (χ1) is 14.2. The minimum Gasteiger partial charge on any atom is -0.508 e. The molecule has 0 aliphatic carbocycles. The molecule has 2 N–H and O–H groups in total. The van der Waals surface area contributed by atoms with E-state index in [1.54, 1.807) is 37.8 Å². The second kappa shape index (κ2) is 11.1. The van der Waals surface area contributed by atoms with Gasteiger partial charge in [0.1, 0.15) is 36.7 Å². The zero-order chi connectivity index (χ0) is 22.1. The summed E-state index contributed by atoms with van der Waals surface area (Å²) in [6.07, 6.45) is -0.410. The SMILES string of the molecule is COOCCOOC1CCN(C(=O)C(NC(=O)OC(C)(C)C)c2ccc(O)cc2)C1. The molecular weight excluding hydrogens is 396 g/mol. The molecule has 1 heterocycles. The lowest BCUT2D eigenvalue weighted by molar-refractivity contribution is -0.348. The third kappa shape index (κ3) is 7.79. The third-order valence-electron chi connectivity index (χ3n) is 4.16. The highest BCUT2D eigenvalue weighted by Gasteiger charge is 2.34. The van der Waals surface area contributed by atoms with Gasteiger partial charge in [-0.3, -0.25) is 4.79 Å². The largest absolute Gasteiger partial charge is 0.508 e. The van der Waals surface area contributed by atoms with Crippen LogP contribution < -0.4 is 5.32 Å². The van der Waals surface area contributed by atoms with E-state index in [2.05, 4.69) is 15.1 Å². The number of aromatic hydroxyl groups is 1. The van der Waals surface area contributed by atoms with E-state index in [0.29, 0.717) is 25.1 Å². The normalized spacial score (nSPS) is 17.6. The maximum Gasteiger partial charge on any atom is 0.408 e. The topological polar surface area (TPSA) is 116 Å². The van der Waals surface area contributed by atoms with Crippen LogP contribution in [0.3, 0.4) is 0 Å². The van der Waals surface area contributed by atoms with Gasteiger partial charge in [0, 0.05) is 6.54 Å². The molecule has 10 heteroatoms. The van der Waals surface area contributed by atoms with E-state index in [-0.39, 0.29) is 31.0 Å². The Hall–Kier alpha value is -2.40. The number of ether oxygens (including phenoxy) is 1. The Kier molecular flexibility index (Phi) is 8.85. The van der Waals surface area contributed by atoms with Gasteiger partial charge in [0.25, 0.3) is 0 Å². The summed E-state index contributed by atoms with van der Waals surface area (Å²) in [7, 11) is 1.40. The summed E-state index contributed by atoms with van der Waals surface area (Å²) in [5, 5.41) is 12.2. The maximum absolute atomic E-state index is 13.2. The number of hydrogen-bond donors (Lipinski definition) is 2. The van der Waals surface area contributed by atoms with Crippen molar-refractivity contribution in [3.63, 3.8) is 0 Å². The number of phenols is 1. The van der Waals surface area contributed by atoms with Gasteiger partial charge < -0.3 is 20.1 Å². The summed E-state index contributed by atoms with van der Waals surface area (Å²) < 4.78 is 5.30. The fourth-order valence-corrected chi connectivity index (χ4v) is 2.87. The van der Waals surface area contributed by atoms with Crippen molar-refractivity contribution < 1.29 is 39.0 Å². The molecule has 2 rings (SSSR count). The lowest BCUT2D eigenvalue weighted by Crippen LogP contribution is -2.44. The van der Waals surface area contributed by atoms with Gasteiger partial charge in [-0.05, 0) is 44.9 Å². The van der Waals surface area contributed by atoms with E-state index in [1.165, 1.54) is 19.2 Å². The van der Waals surface area contributed by atoms with Crippen LogP contribution in [0.5, 0.6) is 5.75 Å². The first-order valence-corrected chi connectivity index (χ1v) is 9.70. The minimum absolute atomic E-state index is 0.0615. The number of hydrogen-bond acceptors (Lipinski definition) is 8. The zero-order valence-corrected chi connectivity index (χ0v) is 17.8. The Morgan fingerprint density at radius 2 is 1.87 bits per heavy atom. The monoisotopic (exact) mass is 426 g/mol. The van der Waals surface area contributed by atoms with Crippen LogP contribution in [0, 0.1) is 0 Å². The lowest BCUT2D eigenvalue weighted by Gasteiger charge is -2.26. The second-order valence-corrected chi connectivity index (χ2v) is 7.77. The summed E-state index contributed by atoms with van der Waals surface area (Å²) in [6.45, 7) is 6.39. The average Bonchev–Trinajstić information content (AvgIpc) is 3.14. The van der Waals surface area contributed by atoms with E-state index in [9.17, 15) is 14.7 Å². The van der Waals surface area contributed by atoms with Crippen LogP contribution in [0.4, 0.5) is 4.79 Å². The van der Waals surface area contributed by atoms with Crippen molar-refractivity contribution in [2.45, 2.75) is 44.9 Å². The Balaban J connectivity index is 2.00. The predicted octanol–water partition coefficient (Wildman–Crippen LogP) is 2.09. The van der Waals surface area contributed by atoms with Crippen LogP contribution >= 0.6 is 0 Å². The van der Waals surface area contributed by atoms with Crippen LogP contribution in [-0.4, -0.2) is 67.1 Å². The molecule has 30 heavy (non-hydrogen) atoms. The molecule has 168 valence electrons. The molecule has 2 unspecified atom stereocenters. The van der Waals surface area contributed by atoms with Gasteiger partial charge in [-0.2, -0.15) is 0 Å². The van der Waals surface area contributed by atoms with Crippen LogP contribution in [0.15, 0.2) is 24.3 Å². The Morgan fingerprint density at radius 3 is 2.50 bits per heavy atom. The van der Waals surface area contributed by atoms with Gasteiger partial charge in [0.2, 0.25) is 5.91 Å². The number of carbonyl (C=O) groups excluding carboxylic acids is 2. The molecule has 0 bridgehead atoms. The summed E-state index contributed by atoms with van der Waals surface area (Å²) >= 11 is 0. The minimum atomic E-state index is -0.963. The molecule has 1 aliphatic heterocycles. The van der Waals surface area contributed by atoms with E-state index >= 15 is 0 Å². The van der Waals surface area contributed by atoms with E-state index < -0.39 is 17.7 Å². The second-order valence-electron chi connectivity index (χ2n) is 7.77. The molecule has 2 atom stereocenters. The number of likely N-dealkylation sites (tertiary alicyclic amines) is 1. The van der Waals surface area contributed by atoms with Crippen LogP contribution in [-0.2, 0) is 29.1 Å². The predicted molar refractivity (Wildman–Crippen MR) is 105 cm³/mol. The number of carbonyl (C=O) groups is 2. The fraction of sp³-hybridized carbons (Fsp3) is 0.600. The van der Waals surface area contributed by atoms with Gasteiger partial charge >= 0.3 is 6.09 Å². The number of nitrogens with one attached hydrogen (secondary N) is 1. The molecule has 1 aromatic rings. The molecular formula is C20H30N2O8. The number of benzene rings is 1. The van der Waals surface area contributed by atoms with E-state index in [0.717, 1.165) is 0 Å². The van der Waals surface area contributed by atoms with Gasteiger partial charge in [-0.15, -0.1) is 0 Å². The Bertz CT molecular complexity index is 689. The summed E-state index contributed by atoms with van der Waals surface area (Å²) in [5.74, 6) is -0.244. The van der Waals surface area contributed by atoms with Gasteiger partial charge in [0.15, 0.2) is 0 Å². The molecule has 10 nitrogen and oxygen atoms in total. The highest BCUT2D eigenvalue weighted by molar-refractivity contribution is 5.87. The van der Waals surface area contributed by atoms with Crippen LogP contribution in [0.2, 0.25) is 0 Å². The van der Waals surface area contributed by atoms with Gasteiger partial charge in [-0.25, -0.2) is 24.3 Å². The average molecular weight is 426 g/mol. The number of rotatable bonds is 9. The number of alkyl carbamates (subject to hydrolysis) is 1. The Labute approximate surface area is 175 Å². The number of phenolic OH excluding ortho intramolecular Hbond substituents is 1. The third-order valence-corrected chi connectivity index (χ3v) is 4.16. The van der Waals surface area contributed by atoms with Crippen molar-refractivity contribution in [1.82, 2.24) is 10.2 Å². The maximum atomic E-state index is 13.2. The van der Waals surface area contributed by atoms with Gasteiger partial charge in [-0.1, -0.05) is 12.1 Å². The molecule has 0 saturated carbocycles. The number of nitrogens with zero attached hydrogens (tertiary/aromatic N) is 1. The standard InChI is InChI=1S/C20H30N2O8/c1-20(2,3)29-19(25)21-17(14-5-7-15(23)8-6-14)18(24)22-10-9-16(13-22)30-28-12-11-27-26-4/h5-8,16-17,23H,9-13H2,1-4H3,(H,21,25). The van der Waals surface area contributed by atoms with Crippen molar-refractivity contribution in [3.05, 3.63) is 29.8 Å². The molecule has 0 radical (unpaired) electrons. The van der Waals surface area contributed by atoms with Crippen molar-refractivity contribution in [2.24, 2.45) is 0 Å². The van der Waals surface area contributed by atoms with Crippen molar-refractivity contribution in [2.75, 3.05) is 33.4 Å². The van der Waals surface area contributed by atoms with Gasteiger partial charge in [0.05, 0.1) is 13.7 Å². The molecule has 0 spiro atoms. The highest BCUT2D eigenvalue weighted by Crippen LogP contribution is 2.23. The zero-order valence-electron chi connectivity index (χ0n) is 17.8. The fourth-order valence-electron chi connectivity index (χ4n) is 2.87. The van der Waals surface area contributed by atoms with E-state index in [4.69, 9.17) is 14.5 Å². The first-order valence-electron chi connectivity index (χ1n) is 9.70. The molecule has 1 fully saturated rings. The molecule has 1 aliphatic rings. The Morgan fingerprint density at radius 1 is 1.20 bits per heavy atom. The molecule has 1 saturated heterocycles. The first kappa shape index (κ1) is 23.9. The van der Waals surface area contributed by atoms with Crippen molar-refractivity contribution in [3.8, 4) is 5.75 Å². The summed E-state index contributed by atoms with van der Waals surface area (Å²) in [5.41, 5.74) is -0.177. The lowest BCUT2D eigenvalue weighted by atomic mass is 10.1. The quantitative estimate of drug-likeness (QED) is 0.350. The van der Waals surface area contributed by atoms with E-state index in [1.807, 2.05) is 0 Å². The van der Waals surface area contributed by atoms with Crippen LogP contribution in [0.25, 0.3) is 0 Å². The molecule has 2 amide bonds. The van der Waals surface area contributed by atoms with Crippen molar-refractivity contribution in [1.29, 1.82) is 0 Å². The highest BCUT2D eigenvalue weighted by atomic mass is 17.2. The van der Waals surface area contributed by atoms with Crippen molar-refractivity contribution >= 4 is 12.0 Å². The summed E-state index contributed by atoms with van der Waals surface area (Å²) in [4.78, 5) is 46.5. The molecule has 1 aromatic carbocycles. The molecule has 0 aromatic heterocycles. The van der Waals surface area contributed by atoms with Crippen LogP contribution in [0.1, 0.15) is 38.8 Å².